The van der Waals surface area contributed by atoms with E-state index >= 15 is 0 Å². The molecule has 0 radical (unpaired) electrons. The van der Waals surface area contributed by atoms with Gasteiger partial charge in [-0.2, -0.15) is 0 Å². The highest BCUT2D eigenvalue weighted by molar-refractivity contribution is 6.07. The molecule has 0 bridgehead atoms. The van der Waals surface area contributed by atoms with Gasteiger partial charge in [-0.15, -0.1) is 0 Å². The Balaban J connectivity index is 1.37. The van der Waals surface area contributed by atoms with E-state index in [2.05, 4.69) is 10.2 Å². The summed E-state index contributed by atoms with van der Waals surface area (Å²) in [6, 6.07) is -0.266. The van der Waals surface area contributed by atoms with Gasteiger partial charge < -0.3 is 15.0 Å². The van der Waals surface area contributed by atoms with Gasteiger partial charge >= 0.3 is 6.03 Å². The van der Waals surface area contributed by atoms with Crippen LogP contribution < -0.4 is 5.32 Å². The highest BCUT2D eigenvalue weighted by atomic mass is 16.5. The Kier molecular flexibility index (Phi) is 6.39. The molecule has 8 heteroatoms. The first-order valence-electron chi connectivity index (χ1n) is 11.3. The molecular weight excluding hydrogens is 372 g/mol. The fourth-order valence-electron chi connectivity index (χ4n) is 5.28. The molecule has 162 valence electrons. The first kappa shape index (κ1) is 20.6. The van der Waals surface area contributed by atoms with Gasteiger partial charge in [0.15, 0.2) is 0 Å². The Morgan fingerprint density at radius 1 is 1.00 bits per heavy atom. The highest BCUT2D eigenvalue weighted by Gasteiger charge is 2.50. The molecule has 0 aromatic rings. The normalized spacial score (nSPS) is 28.9. The highest BCUT2D eigenvalue weighted by Crippen LogP contribution is 2.32. The van der Waals surface area contributed by atoms with E-state index in [-0.39, 0.29) is 23.8 Å². The van der Waals surface area contributed by atoms with E-state index in [0.717, 1.165) is 57.9 Å². The summed E-state index contributed by atoms with van der Waals surface area (Å²) >= 11 is 0. The van der Waals surface area contributed by atoms with Crippen molar-refractivity contribution in [2.75, 3.05) is 46.1 Å². The molecule has 1 atom stereocenters. The van der Waals surface area contributed by atoms with Gasteiger partial charge in [0.25, 0.3) is 5.91 Å². The zero-order chi connectivity index (χ0) is 20.3. The summed E-state index contributed by atoms with van der Waals surface area (Å²) in [4.78, 5) is 44.1. The van der Waals surface area contributed by atoms with E-state index in [1.54, 1.807) is 0 Å². The number of piperidine rings is 1. The summed E-state index contributed by atoms with van der Waals surface area (Å²) in [5.74, 6) is 0.0655. The van der Waals surface area contributed by atoms with E-state index in [1.165, 1.54) is 11.3 Å². The number of carbonyl (C=O) groups is 3. The zero-order valence-electron chi connectivity index (χ0n) is 17.4. The molecule has 8 nitrogen and oxygen atoms in total. The summed E-state index contributed by atoms with van der Waals surface area (Å²) in [6.45, 7) is 4.24. The number of ether oxygens (including phenoxy) is 1. The molecule has 1 spiro atoms. The third-order valence-corrected chi connectivity index (χ3v) is 6.97. The van der Waals surface area contributed by atoms with Crippen LogP contribution in [0.1, 0.15) is 57.8 Å². The second-order valence-corrected chi connectivity index (χ2v) is 9.01. The van der Waals surface area contributed by atoms with Crippen LogP contribution in [0.2, 0.25) is 0 Å². The number of morpholine rings is 1. The summed E-state index contributed by atoms with van der Waals surface area (Å²) in [6.07, 6.45) is 8.71. The lowest BCUT2D eigenvalue weighted by Crippen LogP contribution is -2.51. The maximum Gasteiger partial charge on any atom is 0.326 e. The molecular formula is C21H34N4O4. The summed E-state index contributed by atoms with van der Waals surface area (Å²) in [5, 5.41) is 3.03. The van der Waals surface area contributed by atoms with Gasteiger partial charge in [0, 0.05) is 19.6 Å². The molecule has 0 aromatic carbocycles. The largest absolute Gasteiger partial charge is 0.378 e. The monoisotopic (exact) mass is 406 g/mol. The summed E-state index contributed by atoms with van der Waals surface area (Å²) in [7, 11) is 0. The van der Waals surface area contributed by atoms with Gasteiger partial charge in [-0.25, -0.2) is 9.69 Å². The first-order chi connectivity index (χ1) is 14.1. The Hall–Kier alpha value is -1.67. The molecule has 0 unspecified atom stereocenters. The van der Waals surface area contributed by atoms with Crippen LogP contribution in [0.3, 0.4) is 0 Å². The smallest absolute Gasteiger partial charge is 0.326 e. The molecule has 1 saturated carbocycles. The van der Waals surface area contributed by atoms with Crippen LogP contribution in [0.4, 0.5) is 4.79 Å². The fourth-order valence-corrected chi connectivity index (χ4v) is 5.28. The molecule has 3 saturated heterocycles. The predicted molar refractivity (Wildman–Crippen MR) is 107 cm³/mol. The van der Waals surface area contributed by atoms with Crippen molar-refractivity contribution in [3.8, 4) is 0 Å². The van der Waals surface area contributed by atoms with E-state index in [4.69, 9.17) is 4.74 Å². The minimum absolute atomic E-state index is 0.0574. The van der Waals surface area contributed by atoms with Crippen LogP contribution in [-0.4, -0.2) is 84.1 Å². The lowest BCUT2D eigenvalue weighted by molar-refractivity contribution is -0.142. The molecule has 29 heavy (non-hydrogen) atoms. The van der Waals surface area contributed by atoms with Crippen molar-refractivity contribution in [1.82, 2.24) is 20.0 Å². The molecule has 4 amide bonds. The number of amides is 4. The molecule has 4 rings (SSSR count). The lowest BCUT2D eigenvalue weighted by atomic mass is 9.84. The van der Waals surface area contributed by atoms with Gasteiger partial charge in [0.05, 0.1) is 25.8 Å². The number of hydrogen-bond donors (Lipinski definition) is 1. The van der Waals surface area contributed by atoms with Crippen LogP contribution in [0.15, 0.2) is 0 Å². The van der Waals surface area contributed by atoms with E-state index in [9.17, 15) is 14.4 Å². The van der Waals surface area contributed by atoms with E-state index < -0.39 is 5.54 Å². The molecule has 4 aliphatic rings. The topological polar surface area (TPSA) is 82.2 Å². The molecule has 1 N–H and O–H groups in total. The predicted octanol–water partition coefficient (Wildman–Crippen LogP) is 1.55. The van der Waals surface area contributed by atoms with Crippen molar-refractivity contribution in [2.24, 2.45) is 5.92 Å². The SMILES string of the molecule is O=C([C@@H]1CCCN(CN2C(=O)NC3(CCCCCCC3)C2=O)C1)N1CCOCC1. The van der Waals surface area contributed by atoms with E-state index in [0.29, 0.717) is 39.5 Å². The molecule has 1 aliphatic carbocycles. The second-order valence-electron chi connectivity index (χ2n) is 9.01. The number of likely N-dealkylation sites (tertiary alicyclic amines) is 1. The second kappa shape index (κ2) is 9.00. The maximum atomic E-state index is 13.2. The summed E-state index contributed by atoms with van der Waals surface area (Å²) < 4.78 is 5.35. The van der Waals surface area contributed by atoms with Gasteiger partial charge in [-0.3, -0.25) is 14.5 Å². The molecule has 3 heterocycles. The average molecular weight is 407 g/mol. The fraction of sp³-hybridized carbons (Fsp3) is 0.857. The molecule has 0 aromatic heterocycles. The van der Waals surface area contributed by atoms with Crippen molar-refractivity contribution >= 4 is 17.8 Å². The van der Waals surface area contributed by atoms with Crippen molar-refractivity contribution < 1.29 is 19.1 Å². The summed E-state index contributed by atoms with van der Waals surface area (Å²) in [5.41, 5.74) is -0.698. The van der Waals surface area contributed by atoms with Crippen molar-refractivity contribution in [1.29, 1.82) is 0 Å². The number of hydrogen-bond acceptors (Lipinski definition) is 5. The average Bonchev–Trinajstić information content (AvgIpc) is 2.96. The standard InChI is InChI=1S/C21H34N4O4/c26-18(24-11-13-29-14-12-24)17-7-6-10-23(15-17)16-25-19(27)21(22-20(25)28)8-4-2-1-3-5-9-21/h17H,1-16H2,(H,22,28)/t17-/m1/s1. The van der Waals surface area contributed by atoms with Gasteiger partial charge in [0.2, 0.25) is 5.91 Å². The van der Waals surface area contributed by atoms with Crippen LogP contribution in [0.5, 0.6) is 0 Å². The first-order valence-corrected chi connectivity index (χ1v) is 11.3. The quantitative estimate of drug-likeness (QED) is 0.719. The zero-order valence-corrected chi connectivity index (χ0v) is 17.4. The van der Waals surface area contributed by atoms with Gasteiger partial charge in [-0.05, 0) is 32.2 Å². The number of imide groups is 1. The minimum Gasteiger partial charge on any atom is -0.378 e. The van der Waals surface area contributed by atoms with Crippen LogP contribution in [0.25, 0.3) is 0 Å². The van der Waals surface area contributed by atoms with Gasteiger partial charge in [0.1, 0.15) is 5.54 Å². The van der Waals surface area contributed by atoms with E-state index in [1.807, 2.05) is 4.90 Å². The van der Waals surface area contributed by atoms with Crippen molar-refractivity contribution in [3.63, 3.8) is 0 Å². The third-order valence-electron chi connectivity index (χ3n) is 6.97. The Bertz CT molecular complexity index is 626. The Morgan fingerprint density at radius 3 is 2.41 bits per heavy atom. The number of rotatable bonds is 3. The number of nitrogens with one attached hydrogen (secondary N) is 1. The maximum absolute atomic E-state index is 13.2. The molecule has 3 aliphatic heterocycles. The van der Waals surface area contributed by atoms with Crippen molar-refractivity contribution in [2.45, 2.75) is 63.3 Å². The van der Waals surface area contributed by atoms with Crippen LogP contribution in [0, 0.1) is 5.92 Å². The number of carbonyl (C=O) groups excluding carboxylic acids is 3. The number of nitrogens with zero attached hydrogens (tertiary/aromatic N) is 3. The number of urea groups is 1. The lowest BCUT2D eigenvalue weighted by Gasteiger charge is -2.37. The van der Waals surface area contributed by atoms with Crippen LogP contribution >= 0.6 is 0 Å². The molecule has 4 fully saturated rings. The van der Waals surface area contributed by atoms with Gasteiger partial charge in [-0.1, -0.05) is 32.1 Å². The third kappa shape index (κ3) is 4.43. The van der Waals surface area contributed by atoms with Crippen molar-refractivity contribution in [3.05, 3.63) is 0 Å². The Morgan fingerprint density at radius 2 is 1.69 bits per heavy atom. The van der Waals surface area contributed by atoms with Crippen LogP contribution in [-0.2, 0) is 14.3 Å². The minimum atomic E-state index is -0.698. The Labute approximate surface area is 172 Å².